The first-order chi connectivity index (χ1) is 15.2. The lowest BCUT2D eigenvalue weighted by Crippen LogP contribution is -2.42. The molecule has 1 aliphatic rings. The first-order valence-corrected chi connectivity index (χ1v) is 10.8. The molecule has 1 atom stereocenters. The van der Waals surface area contributed by atoms with Crippen molar-refractivity contribution in [3.05, 3.63) is 58.4 Å². The van der Waals surface area contributed by atoms with E-state index in [4.69, 9.17) is 0 Å². The second-order valence-electron chi connectivity index (χ2n) is 8.68. The van der Waals surface area contributed by atoms with Gasteiger partial charge in [-0.1, -0.05) is 12.1 Å². The average Bonchev–Trinajstić information content (AvgIpc) is 2.77. The standard InChI is InChI=1S/C24H26F3N3O2/c1-14(2)29-9-3-4-15(12-29)13-30-23(22(26)27)28-20-8-6-16(10-18(20)24(30)32)17-5-7-19(25)21(31)11-17/h5-8,10-11,14-15,22,31H,3-4,9,12-13H2,1-2H3. The van der Waals surface area contributed by atoms with Crippen molar-refractivity contribution < 1.29 is 18.3 Å². The second kappa shape index (κ2) is 8.94. The van der Waals surface area contributed by atoms with E-state index in [1.165, 1.54) is 18.2 Å². The third-order valence-electron chi connectivity index (χ3n) is 6.18. The molecule has 1 aromatic heterocycles. The van der Waals surface area contributed by atoms with Crippen LogP contribution in [0.5, 0.6) is 5.75 Å². The number of hydrogen-bond donors (Lipinski definition) is 1. The van der Waals surface area contributed by atoms with E-state index >= 15 is 0 Å². The van der Waals surface area contributed by atoms with Crippen molar-refractivity contribution in [1.29, 1.82) is 0 Å². The van der Waals surface area contributed by atoms with Crippen LogP contribution in [0, 0.1) is 11.7 Å². The molecule has 4 rings (SSSR count). The summed E-state index contributed by atoms with van der Waals surface area (Å²) < 4.78 is 42.2. The van der Waals surface area contributed by atoms with Gasteiger partial charge in [0, 0.05) is 19.1 Å². The number of aromatic hydroxyl groups is 1. The van der Waals surface area contributed by atoms with Gasteiger partial charge < -0.3 is 10.0 Å². The van der Waals surface area contributed by atoms with E-state index in [1.54, 1.807) is 12.1 Å². The first kappa shape index (κ1) is 22.3. The van der Waals surface area contributed by atoms with Crippen LogP contribution < -0.4 is 5.56 Å². The van der Waals surface area contributed by atoms with Crippen molar-refractivity contribution in [2.24, 2.45) is 5.92 Å². The lowest BCUT2D eigenvalue weighted by Gasteiger charge is -2.35. The molecule has 0 aliphatic carbocycles. The summed E-state index contributed by atoms with van der Waals surface area (Å²) in [6, 6.07) is 8.91. The summed E-state index contributed by atoms with van der Waals surface area (Å²) >= 11 is 0. The fourth-order valence-electron chi connectivity index (χ4n) is 4.43. The lowest BCUT2D eigenvalue weighted by molar-refractivity contribution is 0.114. The monoisotopic (exact) mass is 445 g/mol. The Hall–Kier alpha value is -2.87. The number of halogens is 3. The maximum atomic E-state index is 13.8. The molecule has 3 aromatic rings. The van der Waals surface area contributed by atoms with E-state index in [0.29, 0.717) is 17.2 Å². The van der Waals surface area contributed by atoms with Gasteiger partial charge in [-0.3, -0.25) is 9.36 Å². The van der Waals surface area contributed by atoms with E-state index in [1.807, 2.05) is 0 Å². The fraction of sp³-hybridized carbons (Fsp3) is 0.417. The number of rotatable bonds is 5. The molecule has 0 radical (unpaired) electrons. The predicted molar refractivity (Wildman–Crippen MR) is 117 cm³/mol. The Morgan fingerprint density at radius 2 is 1.88 bits per heavy atom. The minimum atomic E-state index is -2.87. The van der Waals surface area contributed by atoms with Crippen LogP contribution in [0.4, 0.5) is 13.2 Å². The Morgan fingerprint density at radius 3 is 2.56 bits per heavy atom. The van der Waals surface area contributed by atoms with E-state index in [0.717, 1.165) is 36.6 Å². The maximum absolute atomic E-state index is 13.8. The summed E-state index contributed by atoms with van der Waals surface area (Å²) in [4.78, 5) is 19.7. The Morgan fingerprint density at radius 1 is 1.16 bits per heavy atom. The van der Waals surface area contributed by atoms with Crippen LogP contribution in [-0.2, 0) is 6.54 Å². The Bertz CT molecular complexity index is 1190. The van der Waals surface area contributed by atoms with Crippen LogP contribution in [0.15, 0.2) is 41.2 Å². The minimum Gasteiger partial charge on any atom is -0.505 e. The fourth-order valence-corrected chi connectivity index (χ4v) is 4.43. The Kier molecular flexibility index (Phi) is 6.24. The van der Waals surface area contributed by atoms with Crippen LogP contribution in [0.1, 0.15) is 38.9 Å². The van der Waals surface area contributed by atoms with E-state index < -0.39 is 29.4 Å². The van der Waals surface area contributed by atoms with Crippen LogP contribution in [0.3, 0.4) is 0 Å². The number of alkyl halides is 2. The third-order valence-corrected chi connectivity index (χ3v) is 6.18. The van der Waals surface area contributed by atoms with E-state index in [9.17, 15) is 23.1 Å². The number of phenolic OH excluding ortho intramolecular Hbond substituents is 1. The molecule has 32 heavy (non-hydrogen) atoms. The number of nitrogens with zero attached hydrogens (tertiary/aromatic N) is 3. The summed E-state index contributed by atoms with van der Waals surface area (Å²) in [6.07, 6.45) is -1.04. The molecule has 1 fully saturated rings. The molecule has 0 spiro atoms. The zero-order valence-corrected chi connectivity index (χ0v) is 18.1. The molecule has 1 saturated heterocycles. The van der Waals surface area contributed by atoms with E-state index in [2.05, 4.69) is 23.7 Å². The highest BCUT2D eigenvalue weighted by atomic mass is 19.3. The largest absolute Gasteiger partial charge is 0.505 e. The number of hydrogen-bond acceptors (Lipinski definition) is 4. The van der Waals surface area contributed by atoms with Crippen molar-refractivity contribution in [2.75, 3.05) is 13.1 Å². The molecule has 0 saturated carbocycles. The molecule has 1 N–H and O–H groups in total. The molecule has 0 amide bonds. The Balaban J connectivity index is 1.77. The van der Waals surface area contributed by atoms with E-state index in [-0.39, 0.29) is 23.4 Å². The lowest BCUT2D eigenvalue weighted by atomic mass is 9.96. The van der Waals surface area contributed by atoms with Gasteiger partial charge in [-0.05, 0) is 74.5 Å². The number of aromatic nitrogens is 2. The molecule has 170 valence electrons. The van der Waals surface area contributed by atoms with Gasteiger partial charge in [-0.25, -0.2) is 18.2 Å². The molecule has 0 bridgehead atoms. The number of likely N-dealkylation sites (tertiary alicyclic amines) is 1. The number of benzene rings is 2. The molecule has 1 aliphatic heterocycles. The van der Waals surface area contributed by atoms with Gasteiger partial charge >= 0.3 is 0 Å². The van der Waals surface area contributed by atoms with Gasteiger partial charge in [0.1, 0.15) is 0 Å². The van der Waals surface area contributed by atoms with Gasteiger partial charge in [-0.2, -0.15) is 0 Å². The van der Waals surface area contributed by atoms with Gasteiger partial charge in [0.15, 0.2) is 17.4 Å². The van der Waals surface area contributed by atoms with Crippen LogP contribution in [-0.4, -0.2) is 38.7 Å². The topological polar surface area (TPSA) is 58.4 Å². The summed E-state index contributed by atoms with van der Waals surface area (Å²) in [5, 5.41) is 9.89. The SMILES string of the molecule is CC(C)N1CCCC(Cn2c(C(F)F)nc3ccc(-c4ccc(F)c(O)c4)cc3c2=O)C1. The zero-order chi connectivity index (χ0) is 23.0. The highest BCUT2D eigenvalue weighted by Gasteiger charge is 2.26. The zero-order valence-electron chi connectivity index (χ0n) is 18.1. The van der Waals surface area contributed by atoms with Gasteiger partial charge in [-0.15, -0.1) is 0 Å². The normalized spacial score (nSPS) is 17.5. The molecule has 1 unspecified atom stereocenters. The molecule has 5 nitrogen and oxygen atoms in total. The molecule has 2 aromatic carbocycles. The van der Waals surface area contributed by atoms with Crippen molar-refractivity contribution in [3.63, 3.8) is 0 Å². The first-order valence-electron chi connectivity index (χ1n) is 10.8. The summed E-state index contributed by atoms with van der Waals surface area (Å²) in [5.74, 6) is -1.68. The van der Waals surface area contributed by atoms with Crippen LogP contribution in [0.25, 0.3) is 22.0 Å². The van der Waals surface area contributed by atoms with Crippen LogP contribution >= 0.6 is 0 Å². The average molecular weight is 445 g/mol. The highest BCUT2D eigenvalue weighted by molar-refractivity contribution is 5.84. The molecular formula is C24H26F3N3O2. The smallest absolute Gasteiger partial charge is 0.295 e. The second-order valence-corrected chi connectivity index (χ2v) is 8.68. The minimum absolute atomic E-state index is 0.0813. The quantitative estimate of drug-likeness (QED) is 0.603. The highest BCUT2D eigenvalue weighted by Crippen LogP contribution is 2.28. The summed E-state index contributed by atoms with van der Waals surface area (Å²) in [5.41, 5.74) is 0.741. The molecular weight excluding hydrogens is 419 g/mol. The van der Waals surface area contributed by atoms with Crippen molar-refractivity contribution >= 4 is 10.9 Å². The summed E-state index contributed by atoms with van der Waals surface area (Å²) in [6.45, 7) is 6.11. The number of phenols is 1. The summed E-state index contributed by atoms with van der Waals surface area (Å²) in [7, 11) is 0. The maximum Gasteiger partial charge on any atom is 0.295 e. The van der Waals surface area contributed by atoms with Crippen molar-refractivity contribution in [1.82, 2.24) is 14.5 Å². The van der Waals surface area contributed by atoms with Crippen LogP contribution in [0.2, 0.25) is 0 Å². The van der Waals surface area contributed by atoms with Gasteiger partial charge in [0.05, 0.1) is 10.9 Å². The molecule has 8 heteroatoms. The third kappa shape index (κ3) is 4.37. The number of fused-ring (bicyclic) bond motifs is 1. The van der Waals surface area contributed by atoms with Gasteiger partial charge in [0.2, 0.25) is 0 Å². The Labute approximate surface area is 184 Å². The molecule has 2 heterocycles. The van der Waals surface area contributed by atoms with Crippen molar-refractivity contribution in [3.8, 4) is 16.9 Å². The van der Waals surface area contributed by atoms with Crippen molar-refractivity contribution in [2.45, 2.75) is 45.7 Å². The number of piperidine rings is 1. The predicted octanol–water partition coefficient (Wildman–Crippen LogP) is 4.97. The van der Waals surface area contributed by atoms with Gasteiger partial charge in [0.25, 0.3) is 12.0 Å².